The lowest BCUT2D eigenvalue weighted by Crippen LogP contribution is -2.39. The predicted molar refractivity (Wildman–Crippen MR) is 65.3 cm³/mol. The maximum absolute atomic E-state index is 11.9. The van der Waals surface area contributed by atoms with Crippen molar-refractivity contribution in [1.82, 2.24) is 10.3 Å². The van der Waals surface area contributed by atoms with Gasteiger partial charge in [0.25, 0.3) is 0 Å². The van der Waals surface area contributed by atoms with Gasteiger partial charge in [-0.1, -0.05) is 6.07 Å². The Balaban J connectivity index is 2.66. The zero-order valence-corrected chi connectivity index (χ0v) is 10.6. The van der Waals surface area contributed by atoms with Crippen molar-refractivity contribution in [3.05, 3.63) is 30.1 Å². The van der Waals surface area contributed by atoms with Crippen LogP contribution in [0.1, 0.15) is 32.5 Å². The van der Waals surface area contributed by atoms with E-state index in [9.17, 15) is 4.79 Å². The fourth-order valence-corrected chi connectivity index (χ4v) is 1.28. The first-order valence-electron chi connectivity index (χ1n) is 5.25. The maximum Gasteiger partial charge on any atom is 0.227 e. The molecule has 0 aliphatic heterocycles. The Morgan fingerprint density at radius 3 is 2.75 bits per heavy atom. The molecule has 1 rings (SSSR count). The standard InChI is InChI=1S/C12H17ClN2O/c1-9(10-6-4-5-7-14-10)15-11(16)12(2,3)8-13/h4-7,9H,8H2,1-3H3,(H,15,16)/t9-/m0/s1. The minimum Gasteiger partial charge on any atom is -0.348 e. The highest BCUT2D eigenvalue weighted by molar-refractivity contribution is 6.19. The van der Waals surface area contributed by atoms with Gasteiger partial charge in [-0.25, -0.2) is 0 Å². The molecule has 0 fully saturated rings. The van der Waals surface area contributed by atoms with Crippen molar-refractivity contribution in [2.75, 3.05) is 5.88 Å². The minimum absolute atomic E-state index is 0.0550. The quantitative estimate of drug-likeness (QED) is 0.822. The molecule has 0 saturated heterocycles. The molecule has 0 spiro atoms. The Kier molecular flexibility index (Phi) is 4.30. The fraction of sp³-hybridized carbons (Fsp3) is 0.500. The number of carbonyl (C=O) groups excluding carboxylic acids is 1. The predicted octanol–water partition coefficient (Wildman–Crippen LogP) is 2.52. The second-order valence-corrected chi connectivity index (χ2v) is 4.73. The first kappa shape index (κ1) is 13.0. The van der Waals surface area contributed by atoms with Crippen LogP contribution in [-0.2, 0) is 4.79 Å². The summed E-state index contributed by atoms with van der Waals surface area (Å²) < 4.78 is 0. The van der Waals surface area contributed by atoms with Gasteiger partial charge in [0.1, 0.15) is 0 Å². The van der Waals surface area contributed by atoms with E-state index in [4.69, 9.17) is 11.6 Å². The summed E-state index contributed by atoms with van der Waals surface area (Å²) >= 11 is 5.74. The number of nitrogens with zero attached hydrogens (tertiary/aromatic N) is 1. The van der Waals surface area contributed by atoms with Crippen LogP contribution in [0, 0.1) is 5.41 Å². The summed E-state index contributed by atoms with van der Waals surface area (Å²) in [5.41, 5.74) is 0.297. The monoisotopic (exact) mass is 240 g/mol. The van der Waals surface area contributed by atoms with Crippen LogP contribution < -0.4 is 5.32 Å². The van der Waals surface area contributed by atoms with Gasteiger partial charge in [-0.15, -0.1) is 11.6 Å². The number of pyridine rings is 1. The average Bonchev–Trinajstić information content (AvgIpc) is 2.30. The maximum atomic E-state index is 11.9. The summed E-state index contributed by atoms with van der Waals surface area (Å²) in [7, 11) is 0. The van der Waals surface area contributed by atoms with Crippen LogP contribution >= 0.6 is 11.6 Å². The van der Waals surface area contributed by atoms with Gasteiger partial charge in [0.2, 0.25) is 5.91 Å². The first-order valence-corrected chi connectivity index (χ1v) is 5.78. The molecule has 1 aromatic heterocycles. The van der Waals surface area contributed by atoms with Crippen LogP contribution in [0.3, 0.4) is 0 Å². The summed E-state index contributed by atoms with van der Waals surface area (Å²) in [6.45, 7) is 5.55. The molecule has 16 heavy (non-hydrogen) atoms. The van der Waals surface area contributed by atoms with E-state index >= 15 is 0 Å². The lowest BCUT2D eigenvalue weighted by molar-refractivity contribution is -0.129. The zero-order chi connectivity index (χ0) is 12.2. The molecule has 0 bridgehead atoms. The van der Waals surface area contributed by atoms with Crippen LogP contribution in [0.5, 0.6) is 0 Å². The summed E-state index contributed by atoms with van der Waals surface area (Å²) in [5, 5.41) is 2.90. The van der Waals surface area contributed by atoms with Crippen molar-refractivity contribution < 1.29 is 4.79 Å². The number of hydrogen-bond acceptors (Lipinski definition) is 2. The van der Waals surface area contributed by atoms with Gasteiger partial charge < -0.3 is 5.32 Å². The number of halogens is 1. The van der Waals surface area contributed by atoms with Gasteiger partial charge in [0.05, 0.1) is 17.2 Å². The van der Waals surface area contributed by atoms with Gasteiger partial charge in [-0.05, 0) is 32.9 Å². The molecule has 1 aromatic rings. The molecule has 1 N–H and O–H groups in total. The molecule has 0 aromatic carbocycles. The third-order valence-corrected chi connectivity index (χ3v) is 3.10. The Labute approximate surface area is 101 Å². The highest BCUT2D eigenvalue weighted by Gasteiger charge is 2.27. The number of nitrogens with one attached hydrogen (secondary N) is 1. The number of carbonyl (C=O) groups is 1. The molecule has 0 aliphatic carbocycles. The van der Waals surface area contributed by atoms with Crippen molar-refractivity contribution in [3.63, 3.8) is 0 Å². The third-order valence-electron chi connectivity index (χ3n) is 2.43. The largest absolute Gasteiger partial charge is 0.348 e. The average molecular weight is 241 g/mol. The lowest BCUT2D eigenvalue weighted by Gasteiger charge is -2.23. The van der Waals surface area contributed by atoms with E-state index in [1.807, 2.05) is 39.0 Å². The zero-order valence-electron chi connectivity index (χ0n) is 9.83. The van der Waals surface area contributed by atoms with E-state index in [0.717, 1.165) is 5.69 Å². The molecule has 1 heterocycles. The summed E-state index contributed by atoms with van der Waals surface area (Å²) in [6, 6.07) is 5.54. The van der Waals surface area contributed by atoms with Gasteiger partial charge in [0, 0.05) is 12.1 Å². The fourth-order valence-electron chi connectivity index (χ4n) is 1.16. The van der Waals surface area contributed by atoms with Crippen LogP contribution in [0.15, 0.2) is 24.4 Å². The van der Waals surface area contributed by atoms with Crippen molar-refractivity contribution >= 4 is 17.5 Å². The van der Waals surface area contributed by atoms with Gasteiger partial charge >= 0.3 is 0 Å². The second-order valence-electron chi connectivity index (χ2n) is 4.47. The van der Waals surface area contributed by atoms with E-state index in [2.05, 4.69) is 10.3 Å². The Morgan fingerprint density at radius 2 is 2.25 bits per heavy atom. The lowest BCUT2D eigenvalue weighted by atomic mass is 9.94. The highest BCUT2D eigenvalue weighted by Crippen LogP contribution is 2.19. The Bertz CT molecular complexity index is 351. The van der Waals surface area contributed by atoms with E-state index in [0.29, 0.717) is 5.88 Å². The second kappa shape index (κ2) is 5.30. The molecular weight excluding hydrogens is 224 g/mol. The van der Waals surface area contributed by atoms with E-state index in [1.54, 1.807) is 6.20 Å². The Hall–Kier alpha value is -1.09. The van der Waals surface area contributed by atoms with E-state index in [-0.39, 0.29) is 11.9 Å². The van der Waals surface area contributed by atoms with Gasteiger partial charge in [0.15, 0.2) is 0 Å². The molecule has 3 nitrogen and oxygen atoms in total. The molecule has 88 valence electrons. The summed E-state index contributed by atoms with van der Waals surface area (Å²) in [4.78, 5) is 16.0. The third kappa shape index (κ3) is 3.20. The number of hydrogen-bond donors (Lipinski definition) is 1. The van der Waals surface area contributed by atoms with E-state index < -0.39 is 5.41 Å². The van der Waals surface area contributed by atoms with Gasteiger partial charge in [-0.3, -0.25) is 9.78 Å². The molecule has 0 saturated carbocycles. The van der Waals surface area contributed by atoms with Gasteiger partial charge in [-0.2, -0.15) is 0 Å². The molecule has 1 atom stereocenters. The van der Waals surface area contributed by atoms with Crippen molar-refractivity contribution in [2.45, 2.75) is 26.8 Å². The molecule has 1 amide bonds. The molecule has 4 heteroatoms. The minimum atomic E-state index is -0.551. The number of rotatable bonds is 4. The molecular formula is C12H17ClN2O. The normalized spacial score (nSPS) is 13.2. The first-order chi connectivity index (χ1) is 7.47. The van der Waals surface area contributed by atoms with Crippen molar-refractivity contribution in [1.29, 1.82) is 0 Å². The molecule has 0 radical (unpaired) electrons. The van der Waals surface area contributed by atoms with Crippen molar-refractivity contribution in [2.24, 2.45) is 5.41 Å². The molecule has 0 aliphatic rings. The highest BCUT2D eigenvalue weighted by atomic mass is 35.5. The van der Waals surface area contributed by atoms with Crippen LogP contribution in [0.2, 0.25) is 0 Å². The number of aromatic nitrogens is 1. The summed E-state index contributed by atoms with van der Waals surface area (Å²) in [6.07, 6.45) is 1.71. The molecule has 0 unspecified atom stereocenters. The topological polar surface area (TPSA) is 42.0 Å². The SMILES string of the molecule is C[C@H](NC(=O)C(C)(C)CCl)c1ccccn1. The summed E-state index contributed by atoms with van der Waals surface area (Å²) in [5.74, 6) is 0.244. The number of amides is 1. The van der Waals surface area contributed by atoms with Crippen LogP contribution in [0.25, 0.3) is 0 Å². The van der Waals surface area contributed by atoms with E-state index in [1.165, 1.54) is 0 Å². The van der Waals surface area contributed by atoms with Crippen molar-refractivity contribution in [3.8, 4) is 0 Å². The smallest absolute Gasteiger partial charge is 0.227 e. The van der Waals surface area contributed by atoms with Crippen LogP contribution in [0.4, 0.5) is 0 Å². The number of alkyl halides is 1. The Morgan fingerprint density at radius 1 is 1.56 bits per heavy atom. The van der Waals surface area contributed by atoms with Crippen LogP contribution in [-0.4, -0.2) is 16.8 Å².